The minimum atomic E-state index is -0.271. The SMILES string of the molecule is CCSc1ccc(C(=O)Nc2ccc(Cl)cc2C(=O)c2ccccc2)cc1. The van der Waals surface area contributed by atoms with E-state index in [0.717, 1.165) is 10.6 Å². The van der Waals surface area contributed by atoms with E-state index >= 15 is 0 Å². The third-order valence-corrected chi connectivity index (χ3v) is 5.07. The molecule has 0 unspecified atom stereocenters. The number of carbonyl (C=O) groups is 2. The Bertz CT molecular complexity index is 956. The Kier molecular flexibility index (Phi) is 6.32. The number of benzene rings is 3. The summed E-state index contributed by atoms with van der Waals surface area (Å²) in [5.41, 5.74) is 1.87. The lowest BCUT2D eigenvalue weighted by molar-refractivity contribution is 0.102. The molecule has 0 aliphatic rings. The molecule has 1 amide bonds. The molecule has 0 spiro atoms. The van der Waals surface area contributed by atoms with Gasteiger partial charge in [-0.3, -0.25) is 9.59 Å². The van der Waals surface area contributed by atoms with Crippen molar-refractivity contribution in [3.05, 3.63) is 94.5 Å². The molecule has 0 saturated carbocycles. The molecule has 0 saturated heterocycles. The lowest BCUT2D eigenvalue weighted by Gasteiger charge is -2.11. The van der Waals surface area contributed by atoms with Crippen LogP contribution in [0.15, 0.2) is 77.7 Å². The van der Waals surface area contributed by atoms with Gasteiger partial charge in [-0.25, -0.2) is 0 Å². The molecule has 1 N–H and O–H groups in total. The lowest BCUT2D eigenvalue weighted by atomic mass is 10.0. The first kappa shape index (κ1) is 19.2. The van der Waals surface area contributed by atoms with E-state index in [2.05, 4.69) is 12.2 Å². The largest absolute Gasteiger partial charge is 0.321 e. The summed E-state index contributed by atoms with van der Waals surface area (Å²) in [6, 6.07) is 21.2. The van der Waals surface area contributed by atoms with E-state index in [9.17, 15) is 9.59 Å². The molecule has 136 valence electrons. The van der Waals surface area contributed by atoms with E-state index in [1.54, 1.807) is 66.4 Å². The van der Waals surface area contributed by atoms with Crippen molar-refractivity contribution in [3.8, 4) is 0 Å². The van der Waals surface area contributed by atoms with E-state index in [4.69, 9.17) is 11.6 Å². The summed E-state index contributed by atoms with van der Waals surface area (Å²) in [5.74, 6) is 0.511. The van der Waals surface area contributed by atoms with Gasteiger partial charge in [0.15, 0.2) is 5.78 Å². The summed E-state index contributed by atoms with van der Waals surface area (Å²) in [4.78, 5) is 26.6. The van der Waals surface area contributed by atoms with E-state index in [1.807, 2.05) is 18.2 Å². The summed E-state index contributed by atoms with van der Waals surface area (Å²) in [6.07, 6.45) is 0. The molecular formula is C22H18ClNO2S. The molecule has 5 heteroatoms. The molecule has 3 aromatic carbocycles. The molecule has 3 nitrogen and oxygen atoms in total. The Morgan fingerprint density at radius 3 is 2.30 bits per heavy atom. The number of hydrogen-bond donors (Lipinski definition) is 1. The molecule has 0 aromatic heterocycles. The highest BCUT2D eigenvalue weighted by Gasteiger charge is 2.16. The number of carbonyl (C=O) groups excluding carboxylic acids is 2. The molecule has 0 atom stereocenters. The van der Waals surface area contributed by atoms with E-state index < -0.39 is 0 Å². The fraction of sp³-hybridized carbons (Fsp3) is 0.0909. The summed E-state index contributed by atoms with van der Waals surface area (Å²) < 4.78 is 0. The van der Waals surface area contributed by atoms with Crippen molar-refractivity contribution in [2.75, 3.05) is 11.1 Å². The Morgan fingerprint density at radius 1 is 0.926 bits per heavy atom. The Labute approximate surface area is 167 Å². The van der Waals surface area contributed by atoms with Gasteiger partial charge in [-0.2, -0.15) is 0 Å². The van der Waals surface area contributed by atoms with Gasteiger partial charge >= 0.3 is 0 Å². The number of nitrogens with one attached hydrogen (secondary N) is 1. The van der Waals surface area contributed by atoms with Gasteiger partial charge in [0.05, 0.1) is 5.69 Å². The van der Waals surface area contributed by atoms with Crippen LogP contribution in [-0.2, 0) is 0 Å². The van der Waals surface area contributed by atoms with Crippen LogP contribution in [0.4, 0.5) is 5.69 Å². The highest BCUT2D eigenvalue weighted by molar-refractivity contribution is 7.99. The summed E-state index contributed by atoms with van der Waals surface area (Å²) in [7, 11) is 0. The molecule has 0 bridgehead atoms. The van der Waals surface area contributed by atoms with Crippen LogP contribution in [-0.4, -0.2) is 17.4 Å². The first-order valence-electron chi connectivity index (χ1n) is 8.52. The van der Waals surface area contributed by atoms with Crippen molar-refractivity contribution in [1.29, 1.82) is 0 Å². The molecule has 3 aromatic rings. The third kappa shape index (κ3) is 4.79. The van der Waals surface area contributed by atoms with Crippen LogP contribution >= 0.6 is 23.4 Å². The number of ketones is 1. The summed E-state index contributed by atoms with van der Waals surface area (Å²) in [6.45, 7) is 2.08. The van der Waals surface area contributed by atoms with Crippen molar-refractivity contribution in [3.63, 3.8) is 0 Å². The predicted octanol–water partition coefficient (Wildman–Crippen LogP) is 5.94. The van der Waals surface area contributed by atoms with Crippen LogP contribution in [0.25, 0.3) is 0 Å². The topological polar surface area (TPSA) is 46.2 Å². The van der Waals surface area contributed by atoms with Crippen molar-refractivity contribution in [2.45, 2.75) is 11.8 Å². The van der Waals surface area contributed by atoms with Gasteiger partial charge in [0.25, 0.3) is 5.91 Å². The number of amides is 1. The second-order valence-electron chi connectivity index (χ2n) is 5.80. The molecule has 27 heavy (non-hydrogen) atoms. The monoisotopic (exact) mass is 395 g/mol. The second-order valence-corrected chi connectivity index (χ2v) is 7.57. The van der Waals surface area contributed by atoms with E-state index in [1.165, 1.54) is 0 Å². The van der Waals surface area contributed by atoms with Gasteiger partial charge in [0, 0.05) is 26.6 Å². The Morgan fingerprint density at radius 2 is 1.63 bits per heavy atom. The molecule has 0 heterocycles. The van der Waals surface area contributed by atoms with Crippen molar-refractivity contribution in [2.24, 2.45) is 0 Å². The summed E-state index contributed by atoms with van der Waals surface area (Å²) >= 11 is 7.80. The molecule has 0 aliphatic carbocycles. The Balaban J connectivity index is 1.86. The maximum atomic E-state index is 12.8. The lowest BCUT2D eigenvalue weighted by Crippen LogP contribution is -2.15. The van der Waals surface area contributed by atoms with Crippen LogP contribution in [0.2, 0.25) is 5.02 Å². The fourth-order valence-corrected chi connectivity index (χ4v) is 3.46. The van der Waals surface area contributed by atoms with Gasteiger partial charge in [0.1, 0.15) is 0 Å². The third-order valence-electron chi connectivity index (χ3n) is 3.94. The highest BCUT2D eigenvalue weighted by Crippen LogP contribution is 2.25. The van der Waals surface area contributed by atoms with Gasteiger partial charge in [-0.1, -0.05) is 48.9 Å². The van der Waals surface area contributed by atoms with Gasteiger partial charge in [0.2, 0.25) is 0 Å². The van der Waals surface area contributed by atoms with Crippen LogP contribution in [0.5, 0.6) is 0 Å². The summed E-state index contributed by atoms with van der Waals surface area (Å²) in [5, 5.41) is 3.27. The van der Waals surface area contributed by atoms with Gasteiger partial charge in [-0.05, 0) is 48.2 Å². The van der Waals surface area contributed by atoms with Crippen LogP contribution in [0.3, 0.4) is 0 Å². The molecule has 0 radical (unpaired) electrons. The number of anilines is 1. The minimum Gasteiger partial charge on any atom is -0.321 e. The van der Waals surface area contributed by atoms with Crippen LogP contribution < -0.4 is 5.32 Å². The first-order chi connectivity index (χ1) is 13.1. The van der Waals surface area contributed by atoms with E-state index in [0.29, 0.717) is 27.4 Å². The quantitative estimate of drug-likeness (QED) is 0.415. The number of thioether (sulfide) groups is 1. The average Bonchev–Trinajstić information content (AvgIpc) is 2.70. The standard InChI is InChI=1S/C22H18ClNO2S/c1-2-27-18-11-8-16(9-12-18)22(26)24-20-13-10-17(23)14-19(20)21(25)15-6-4-3-5-7-15/h3-14H,2H2,1H3,(H,24,26). The molecule has 0 fully saturated rings. The smallest absolute Gasteiger partial charge is 0.255 e. The minimum absolute atomic E-state index is 0.192. The Hall–Kier alpha value is -2.56. The molecule has 3 rings (SSSR count). The normalized spacial score (nSPS) is 10.4. The predicted molar refractivity (Wildman–Crippen MR) is 112 cm³/mol. The van der Waals surface area contributed by atoms with Crippen molar-refractivity contribution < 1.29 is 9.59 Å². The maximum absolute atomic E-state index is 12.8. The van der Waals surface area contributed by atoms with Gasteiger partial charge < -0.3 is 5.32 Å². The number of halogens is 1. The zero-order chi connectivity index (χ0) is 19.2. The number of rotatable bonds is 6. The number of hydrogen-bond acceptors (Lipinski definition) is 3. The van der Waals surface area contributed by atoms with Crippen molar-refractivity contribution in [1.82, 2.24) is 0 Å². The average molecular weight is 396 g/mol. The van der Waals surface area contributed by atoms with E-state index in [-0.39, 0.29) is 11.7 Å². The zero-order valence-electron chi connectivity index (χ0n) is 14.7. The van der Waals surface area contributed by atoms with Crippen molar-refractivity contribution >= 4 is 40.7 Å². The molecular weight excluding hydrogens is 378 g/mol. The first-order valence-corrected chi connectivity index (χ1v) is 9.88. The fourth-order valence-electron chi connectivity index (χ4n) is 2.62. The highest BCUT2D eigenvalue weighted by atomic mass is 35.5. The van der Waals surface area contributed by atoms with Gasteiger partial charge in [-0.15, -0.1) is 11.8 Å². The molecule has 0 aliphatic heterocycles. The second kappa shape index (κ2) is 8.89. The van der Waals surface area contributed by atoms with Crippen LogP contribution in [0, 0.1) is 0 Å². The van der Waals surface area contributed by atoms with Crippen LogP contribution in [0.1, 0.15) is 33.2 Å². The maximum Gasteiger partial charge on any atom is 0.255 e. The zero-order valence-corrected chi connectivity index (χ0v) is 16.3.